The third-order valence-electron chi connectivity index (χ3n) is 5.34. The lowest BCUT2D eigenvalue weighted by Gasteiger charge is -2.38. The van der Waals surface area contributed by atoms with Crippen LogP contribution in [0, 0.1) is 0 Å². The Balaban J connectivity index is 0.00000272. The van der Waals surface area contributed by atoms with Gasteiger partial charge < -0.3 is 24.8 Å². The number of rotatable bonds is 5. The molecule has 1 aliphatic heterocycles. The summed E-state index contributed by atoms with van der Waals surface area (Å²) >= 11 is 0. The van der Waals surface area contributed by atoms with Gasteiger partial charge in [-0.2, -0.15) is 0 Å². The molecule has 2 N–H and O–H groups in total. The fraction of sp³-hybridized carbons (Fsp3) is 0.304. The number of piperazine rings is 1. The van der Waals surface area contributed by atoms with E-state index in [0.717, 1.165) is 60.7 Å². The molecule has 1 saturated heterocycles. The fourth-order valence-corrected chi connectivity index (χ4v) is 3.76. The summed E-state index contributed by atoms with van der Waals surface area (Å²) in [5, 5.41) is 3.44. The number of ether oxygens (including phenoxy) is 1. The Bertz CT molecular complexity index is 982. The average Bonchev–Trinajstić information content (AvgIpc) is 3.29. The number of nitrogens with one attached hydrogen (secondary N) is 2. The summed E-state index contributed by atoms with van der Waals surface area (Å²) in [6.07, 6.45) is 1.88. The highest BCUT2D eigenvalue weighted by molar-refractivity contribution is 14.0. The largest absolute Gasteiger partial charge is 0.495 e. The summed E-state index contributed by atoms with van der Waals surface area (Å²) in [6, 6.07) is 18.4. The van der Waals surface area contributed by atoms with Gasteiger partial charge in [-0.05, 0) is 17.7 Å². The Morgan fingerprint density at radius 2 is 1.77 bits per heavy atom. The maximum atomic E-state index is 5.51. The minimum atomic E-state index is 0. The van der Waals surface area contributed by atoms with Crippen LogP contribution in [0.2, 0.25) is 0 Å². The van der Waals surface area contributed by atoms with Gasteiger partial charge in [-0.25, -0.2) is 4.98 Å². The lowest BCUT2D eigenvalue weighted by molar-refractivity contribution is 0.366. The normalized spacial score (nSPS) is 14.2. The molecule has 7 nitrogen and oxygen atoms in total. The van der Waals surface area contributed by atoms with Crippen LogP contribution in [0.1, 0.15) is 5.82 Å². The average molecular weight is 532 g/mol. The van der Waals surface area contributed by atoms with Crippen molar-refractivity contribution in [3.63, 3.8) is 0 Å². The predicted molar refractivity (Wildman–Crippen MR) is 136 cm³/mol. The standard InChI is InChI=1S/C23H28N6O.HI/c1-24-23(26-17-22-25-16-19(27-22)18-8-4-3-5-9-18)29-14-12-28(13-15-29)20-10-6-7-11-21(20)30-2;/h3-11,16H,12-15,17H2,1-2H3,(H,24,26)(H,25,27);1H. The van der Waals surface area contributed by atoms with Crippen molar-refractivity contribution in [1.29, 1.82) is 0 Å². The van der Waals surface area contributed by atoms with Crippen LogP contribution in [-0.2, 0) is 6.54 Å². The Labute approximate surface area is 200 Å². The molecule has 0 spiro atoms. The molecule has 1 fully saturated rings. The number of aromatic amines is 1. The van der Waals surface area contributed by atoms with Crippen LogP contribution >= 0.6 is 24.0 Å². The molecule has 0 radical (unpaired) electrons. The highest BCUT2D eigenvalue weighted by Gasteiger charge is 2.21. The molecule has 0 bridgehead atoms. The summed E-state index contributed by atoms with van der Waals surface area (Å²) in [6.45, 7) is 4.22. The number of benzene rings is 2. The SMILES string of the molecule is CN=C(NCc1ncc(-c2ccccc2)[nH]1)N1CCN(c2ccccc2OC)CC1.I. The van der Waals surface area contributed by atoms with Gasteiger partial charge in [-0.1, -0.05) is 42.5 Å². The van der Waals surface area contributed by atoms with Crippen LogP contribution in [0.5, 0.6) is 5.75 Å². The summed E-state index contributed by atoms with van der Waals surface area (Å²) < 4.78 is 5.51. The number of imidazole rings is 1. The molecule has 0 atom stereocenters. The van der Waals surface area contributed by atoms with Crippen LogP contribution in [0.25, 0.3) is 11.3 Å². The number of nitrogens with zero attached hydrogens (tertiary/aromatic N) is 4. The van der Waals surface area contributed by atoms with Crippen molar-refractivity contribution >= 4 is 35.6 Å². The topological polar surface area (TPSA) is 68.8 Å². The van der Waals surface area contributed by atoms with E-state index in [1.807, 2.05) is 43.6 Å². The number of anilines is 1. The zero-order valence-electron chi connectivity index (χ0n) is 17.9. The van der Waals surface area contributed by atoms with E-state index in [-0.39, 0.29) is 24.0 Å². The smallest absolute Gasteiger partial charge is 0.194 e. The Morgan fingerprint density at radius 1 is 1.06 bits per heavy atom. The molecule has 8 heteroatoms. The highest BCUT2D eigenvalue weighted by atomic mass is 127. The van der Waals surface area contributed by atoms with Crippen LogP contribution in [-0.4, -0.2) is 61.2 Å². The lowest BCUT2D eigenvalue weighted by Crippen LogP contribution is -2.52. The number of guanidine groups is 1. The Kier molecular flexibility index (Phi) is 8.16. The third-order valence-corrected chi connectivity index (χ3v) is 5.34. The number of aliphatic imine (C=N–C) groups is 1. The molecular weight excluding hydrogens is 503 g/mol. The van der Waals surface area contributed by atoms with E-state index < -0.39 is 0 Å². The summed E-state index contributed by atoms with van der Waals surface area (Å²) in [5.41, 5.74) is 3.30. The Hall–Kier alpha value is -2.75. The first-order valence-corrected chi connectivity index (χ1v) is 10.2. The van der Waals surface area contributed by atoms with Gasteiger partial charge in [0, 0.05) is 33.2 Å². The van der Waals surface area contributed by atoms with Gasteiger partial charge in [-0.15, -0.1) is 24.0 Å². The first-order chi connectivity index (χ1) is 14.8. The van der Waals surface area contributed by atoms with E-state index in [1.165, 1.54) is 0 Å². The zero-order chi connectivity index (χ0) is 20.8. The van der Waals surface area contributed by atoms with Gasteiger partial charge in [0.25, 0.3) is 0 Å². The molecule has 0 unspecified atom stereocenters. The van der Waals surface area contributed by atoms with Crippen molar-refractivity contribution in [3.05, 3.63) is 66.6 Å². The van der Waals surface area contributed by atoms with Crippen LogP contribution in [0.15, 0.2) is 65.8 Å². The second-order valence-corrected chi connectivity index (χ2v) is 7.16. The van der Waals surface area contributed by atoms with Gasteiger partial charge in [0.15, 0.2) is 5.96 Å². The molecule has 31 heavy (non-hydrogen) atoms. The molecule has 164 valence electrons. The van der Waals surface area contributed by atoms with Crippen LogP contribution in [0.4, 0.5) is 5.69 Å². The van der Waals surface area contributed by atoms with Crippen LogP contribution in [0.3, 0.4) is 0 Å². The molecular formula is C23H29IN6O. The maximum Gasteiger partial charge on any atom is 0.194 e. The quantitative estimate of drug-likeness (QED) is 0.299. The number of H-pyrrole nitrogens is 1. The number of hydrogen-bond donors (Lipinski definition) is 2. The summed E-state index contributed by atoms with van der Waals surface area (Å²) in [5.74, 6) is 2.70. The van der Waals surface area contributed by atoms with Crippen molar-refractivity contribution in [3.8, 4) is 17.0 Å². The van der Waals surface area contributed by atoms with E-state index in [0.29, 0.717) is 6.54 Å². The minimum absolute atomic E-state index is 0. The van der Waals surface area contributed by atoms with Gasteiger partial charge >= 0.3 is 0 Å². The molecule has 0 amide bonds. The van der Waals surface area contributed by atoms with Gasteiger partial charge in [-0.3, -0.25) is 4.99 Å². The van der Waals surface area contributed by atoms with Crippen molar-refractivity contribution in [2.24, 2.45) is 4.99 Å². The number of hydrogen-bond acceptors (Lipinski definition) is 4. The second-order valence-electron chi connectivity index (χ2n) is 7.16. The lowest BCUT2D eigenvalue weighted by atomic mass is 10.2. The summed E-state index contributed by atoms with van der Waals surface area (Å²) in [4.78, 5) is 17.0. The monoisotopic (exact) mass is 532 g/mol. The predicted octanol–water partition coefficient (Wildman–Crippen LogP) is 3.60. The van der Waals surface area contributed by atoms with Crippen molar-refractivity contribution in [2.45, 2.75) is 6.54 Å². The van der Waals surface area contributed by atoms with E-state index in [4.69, 9.17) is 4.74 Å². The van der Waals surface area contributed by atoms with Crippen LogP contribution < -0.4 is 15.0 Å². The highest BCUT2D eigenvalue weighted by Crippen LogP contribution is 2.28. The summed E-state index contributed by atoms with van der Waals surface area (Å²) in [7, 11) is 3.55. The number of para-hydroxylation sites is 2. The minimum Gasteiger partial charge on any atom is -0.495 e. The van der Waals surface area contributed by atoms with E-state index in [9.17, 15) is 0 Å². The van der Waals surface area contributed by atoms with Crippen molar-refractivity contribution < 1.29 is 4.74 Å². The van der Waals surface area contributed by atoms with Crippen molar-refractivity contribution in [2.75, 3.05) is 45.2 Å². The third kappa shape index (κ3) is 5.49. The van der Waals surface area contributed by atoms with E-state index >= 15 is 0 Å². The first kappa shape index (κ1) is 22.9. The molecule has 2 aromatic carbocycles. The van der Waals surface area contributed by atoms with E-state index in [1.54, 1.807) is 7.11 Å². The number of methoxy groups -OCH3 is 1. The Morgan fingerprint density at radius 3 is 2.48 bits per heavy atom. The first-order valence-electron chi connectivity index (χ1n) is 10.2. The maximum absolute atomic E-state index is 5.51. The zero-order valence-corrected chi connectivity index (χ0v) is 20.2. The van der Waals surface area contributed by atoms with Crippen molar-refractivity contribution in [1.82, 2.24) is 20.2 Å². The molecule has 1 aromatic heterocycles. The molecule has 4 rings (SSSR count). The van der Waals surface area contributed by atoms with Gasteiger partial charge in [0.1, 0.15) is 11.6 Å². The molecule has 2 heterocycles. The number of halogens is 1. The number of aromatic nitrogens is 2. The fourth-order valence-electron chi connectivity index (χ4n) is 3.76. The molecule has 0 saturated carbocycles. The molecule has 3 aromatic rings. The van der Waals surface area contributed by atoms with Gasteiger partial charge in [0.05, 0.1) is 31.2 Å². The van der Waals surface area contributed by atoms with Gasteiger partial charge in [0.2, 0.25) is 0 Å². The molecule has 1 aliphatic rings. The van der Waals surface area contributed by atoms with E-state index in [2.05, 4.69) is 54.3 Å². The second kappa shape index (κ2) is 11.0. The molecule has 0 aliphatic carbocycles.